The van der Waals surface area contributed by atoms with Crippen LogP contribution in [0.4, 0.5) is 0 Å². The Balaban J connectivity index is 2.09. The van der Waals surface area contributed by atoms with Gasteiger partial charge in [0.05, 0.1) is 11.7 Å². The van der Waals surface area contributed by atoms with Crippen LogP contribution in [0.1, 0.15) is 34.4 Å². The highest BCUT2D eigenvalue weighted by Gasteiger charge is 2.25. The van der Waals surface area contributed by atoms with Gasteiger partial charge in [-0.15, -0.1) is 0 Å². The van der Waals surface area contributed by atoms with Crippen molar-refractivity contribution < 1.29 is 0 Å². The molecule has 1 unspecified atom stereocenters. The van der Waals surface area contributed by atoms with Crippen LogP contribution in [0, 0.1) is 13.8 Å². The first-order valence-electron chi connectivity index (χ1n) is 6.10. The van der Waals surface area contributed by atoms with Gasteiger partial charge in [0.25, 0.3) is 0 Å². The lowest BCUT2D eigenvalue weighted by Crippen LogP contribution is -2.31. The van der Waals surface area contributed by atoms with Crippen LogP contribution in [-0.4, -0.2) is 16.5 Å². The molecular formula is C14H17N3. The van der Waals surface area contributed by atoms with Gasteiger partial charge in [0, 0.05) is 18.7 Å². The number of benzene rings is 1. The molecule has 1 aliphatic heterocycles. The number of imidazole rings is 1. The molecule has 2 aromatic rings. The molecule has 1 atom stereocenters. The summed E-state index contributed by atoms with van der Waals surface area (Å²) in [5.74, 6) is 1.01. The SMILES string of the molecule is Cc1nc2c([nH]1)CCNC2c1ccccc1C. The fraction of sp³-hybridized carbons (Fsp3) is 0.357. The van der Waals surface area contributed by atoms with Gasteiger partial charge in [-0.1, -0.05) is 24.3 Å². The van der Waals surface area contributed by atoms with Crippen molar-refractivity contribution in [2.24, 2.45) is 0 Å². The lowest BCUT2D eigenvalue weighted by Gasteiger charge is -2.24. The standard InChI is InChI=1S/C14H17N3/c1-9-5-3-4-6-11(9)13-14-12(7-8-15-13)16-10(2)17-14/h3-6,13,15H,7-8H2,1-2H3,(H,16,17). The van der Waals surface area contributed by atoms with Crippen LogP contribution in [-0.2, 0) is 6.42 Å². The van der Waals surface area contributed by atoms with Crippen molar-refractivity contribution in [3.05, 3.63) is 52.6 Å². The molecule has 3 rings (SSSR count). The first-order valence-corrected chi connectivity index (χ1v) is 6.10. The molecule has 3 heteroatoms. The summed E-state index contributed by atoms with van der Waals surface area (Å²) < 4.78 is 0. The first kappa shape index (κ1) is 10.5. The van der Waals surface area contributed by atoms with E-state index in [1.54, 1.807) is 0 Å². The average molecular weight is 227 g/mol. The first-order chi connectivity index (χ1) is 8.25. The molecule has 2 N–H and O–H groups in total. The number of nitrogens with one attached hydrogen (secondary N) is 2. The molecule has 17 heavy (non-hydrogen) atoms. The van der Waals surface area contributed by atoms with E-state index in [4.69, 9.17) is 0 Å². The molecule has 0 fully saturated rings. The van der Waals surface area contributed by atoms with Gasteiger partial charge in [-0.3, -0.25) is 0 Å². The predicted molar refractivity (Wildman–Crippen MR) is 68.1 cm³/mol. The second-order valence-electron chi connectivity index (χ2n) is 4.68. The largest absolute Gasteiger partial charge is 0.346 e. The van der Waals surface area contributed by atoms with Crippen molar-refractivity contribution >= 4 is 0 Å². The molecule has 0 aliphatic carbocycles. The topological polar surface area (TPSA) is 40.7 Å². The number of H-pyrrole nitrogens is 1. The quantitative estimate of drug-likeness (QED) is 0.784. The number of rotatable bonds is 1. The van der Waals surface area contributed by atoms with E-state index < -0.39 is 0 Å². The van der Waals surface area contributed by atoms with Crippen LogP contribution >= 0.6 is 0 Å². The third-order valence-electron chi connectivity index (χ3n) is 3.43. The molecule has 0 spiro atoms. The Morgan fingerprint density at radius 1 is 1.24 bits per heavy atom. The minimum Gasteiger partial charge on any atom is -0.346 e. The normalized spacial score (nSPS) is 19.1. The van der Waals surface area contributed by atoms with Gasteiger partial charge >= 0.3 is 0 Å². The highest BCUT2D eigenvalue weighted by molar-refractivity contribution is 5.37. The van der Waals surface area contributed by atoms with E-state index >= 15 is 0 Å². The minimum absolute atomic E-state index is 0.241. The molecule has 0 amide bonds. The Bertz CT molecular complexity index is 542. The van der Waals surface area contributed by atoms with Gasteiger partial charge in [0.1, 0.15) is 5.82 Å². The Morgan fingerprint density at radius 3 is 2.88 bits per heavy atom. The Morgan fingerprint density at radius 2 is 2.06 bits per heavy atom. The molecule has 3 nitrogen and oxygen atoms in total. The van der Waals surface area contributed by atoms with Crippen LogP contribution in [0.5, 0.6) is 0 Å². The predicted octanol–water partition coefficient (Wildman–Crippen LogP) is 2.26. The van der Waals surface area contributed by atoms with Gasteiger partial charge in [-0.25, -0.2) is 4.98 Å². The summed E-state index contributed by atoms with van der Waals surface area (Å²) in [4.78, 5) is 8.00. The third-order valence-corrected chi connectivity index (χ3v) is 3.43. The van der Waals surface area contributed by atoms with Crippen LogP contribution in [0.25, 0.3) is 0 Å². The van der Waals surface area contributed by atoms with Gasteiger partial charge < -0.3 is 10.3 Å². The molecule has 1 aromatic carbocycles. The highest BCUT2D eigenvalue weighted by atomic mass is 15.0. The Hall–Kier alpha value is -1.61. The zero-order chi connectivity index (χ0) is 11.8. The molecule has 1 aliphatic rings. The molecule has 2 heterocycles. The van der Waals surface area contributed by atoms with Crippen molar-refractivity contribution in [3.8, 4) is 0 Å². The summed E-state index contributed by atoms with van der Waals surface area (Å²) in [7, 11) is 0. The number of hydrogen-bond donors (Lipinski definition) is 2. The maximum absolute atomic E-state index is 4.63. The molecule has 1 aromatic heterocycles. The van der Waals surface area contributed by atoms with E-state index in [2.05, 4.69) is 46.5 Å². The van der Waals surface area contributed by atoms with E-state index in [-0.39, 0.29) is 6.04 Å². The zero-order valence-corrected chi connectivity index (χ0v) is 10.2. The lowest BCUT2D eigenvalue weighted by molar-refractivity contribution is 0.551. The zero-order valence-electron chi connectivity index (χ0n) is 10.2. The van der Waals surface area contributed by atoms with Crippen molar-refractivity contribution in [1.82, 2.24) is 15.3 Å². The summed E-state index contributed by atoms with van der Waals surface area (Å²) in [6.07, 6.45) is 1.04. The summed E-state index contributed by atoms with van der Waals surface area (Å²) in [5, 5.41) is 3.56. The van der Waals surface area contributed by atoms with E-state index in [0.29, 0.717) is 0 Å². The number of nitrogens with zero attached hydrogens (tertiary/aromatic N) is 1. The minimum atomic E-state index is 0.241. The molecule has 88 valence electrons. The van der Waals surface area contributed by atoms with Gasteiger partial charge in [-0.05, 0) is 25.0 Å². The molecule has 0 bridgehead atoms. The Kier molecular flexibility index (Phi) is 2.48. The van der Waals surface area contributed by atoms with E-state index in [1.807, 2.05) is 6.92 Å². The van der Waals surface area contributed by atoms with Crippen LogP contribution in [0.2, 0.25) is 0 Å². The lowest BCUT2D eigenvalue weighted by atomic mass is 9.95. The van der Waals surface area contributed by atoms with Gasteiger partial charge in [0.2, 0.25) is 0 Å². The number of aryl methyl sites for hydroxylation is 2. The smallest absolute Gasteiger partial charge is 0.103 e. The maximum atomic E-state index is 4.63. The molecule has 0 saturated heterocycles. The summed E-state index contributed by atoms with van der Waals surface area (Å²) in [6, 6.07) is 8.76. The molecule has 0 radical (unpaired) electrons. The fourth-order valence-electron chi connectivity index (χ4n) is 2.59. The molecule has 0 saturated carbocycles. The fourth-order valence-corrected chi connectivity index (χ4v) is 2.59. The van der Waals surface area contributed by atoms with Crippen molar-refractivity contribution in [2.75, 3.05) is 6.54 Å². The van der Waals surface area contributed by atoms with E-state index in [1.165, 1.54) is 22.5 Å². The number of fused-ring (bicyclic) bond motifs is 1. The number of hydrogen-bond acceptors (Lipinski definition) is 2. The van der Waals surface area contributed by atoms with Crippen molar-refractivity contribution in [3.63, 3.8) is 0 Å². The summed E-state index contributed by atoms with van der Waals surface area (Å²) in [6.45, 7) is 5.19. The second-order valence-corrected chi connectivity index (χ2v) is 4.68. The summed E-state index contributed by atoms with van der Waals surface area (Å²) in [5.41, 5.74) is 5.11. The van der Waals surface area contributed by atoms with Crippen LogP contribution in [0.3, 0.4) is 0 Å². The highest BCUT2D eigenvalue weighted by Crippen LogP contribution is 2.28. The third kappa shape index (κ3) is 1.76. The monoisotopic (exact) mass is 227 g/mol. The van der Waals surface area contributed by atoms with E-state index in [9.17, 15) is 0 Å². The van der Waals surface area contributed by atoms with Crippen LogP contribution < -0.4 is 5.32 Å². The van der Waals surface area contributed by atoms with E-state index in [0.717, 1.165) is 18.8 Å². The van der Waals surface area contributed by atoms with Gasteiger partial charge in [0.15, 0.2) is 0 Å². The van der Waals surface area contributed by atoms with Crippen molar-refractivity contribution in [2.45, 2.75) is 26.3 Å². The van der Waals surface area contributed by atoms with Crippen LogP contribution in [0.15, 0.2) is 24.3 Å². The summed E-state index contributed by atoms with van der Waals surface area (Å²) >= 11 is 0. The van der Waals surface area contributed by atoms with Gasteiger partial charge in [-0.2, -0.15) is 0 Å². The maximum Gasteiger partial charge on any atom is 0.103 e. The number of aromatic nitrogens is 2. The van der Waals surface area contributed by atoms with Crippen molar-refractivity contribution in [1.29, 1.82) is 0 Å². The Labute approximate surface area is 101 Å². The molecular weight excluding hydrogens is 210 g/mol. The second kappa shape index (κ2) is 4.00. The number of aromatic amines is 1. The average Bonchev–Trinajstić information content (AvgIpc) is 2.70.